The van der Waals surface area contributed by atoms with E-state index in [9.17, 15) is 24.3 Å². The third-order valence-electron chi connectivity index (χ3n) is 6.50. The lowest BCUT2D eigenvalue weighted by molar-refractivity contribution is -0.150. The molecule has 0 saturated carbocycles. The van der Waals surface area contributed by atoms with Crippen molar-refractivity contribution >= 4 is 35.6 Å². The van der Waals surface area contributed by atoms with Crippen molar-refractivity contribution in [3.8, 4) is 0 Å². The van der Waals surface area contributed by atoms with Gasteiger partial charge >= 0.3 is 5.97 Å². The zero-order chi connectivity index (χ0) is 27.5. The summed E-state index contributed by atoms with van der Waals surface area (Å²) in [6.45, 7) is 1.24. The number of carboxylic acids is 1. The van der Waals surface area contributed by atoms with Crippen molar-refractivity contribution in [1.82, 2.24) is 15.1 Å². The molecule has 4 unspecified atom stereocenters. The number of hydrogen-bond donors (Lipinski definition) is 7. The number of carbonyl (C=O) groups is 4. The van der Waals surface area contributed by atoms with Gasteiger partial charge in [-0.2, -0.15) is 0 Å². The summed E-state index contributed by atoms with van der Waals surface area (Å²) < 4.78 is 0. The van der Waals surface area contributed by atoms with Gasteiger partial charge in [0.2, 0.25) is 17.7 Å². The number of aliphatic imine (C=N–C) groups is 2. The summed E-state index contributed by atoms with van der Waals surface area (Å²) in [7, 11) is 0. The fourth-order valence-corrected chi connectivity index (χ4v) is 4.68. The van der Waals surface area contributed by atoms with Crippen LogP contribution < -0.4 is 34.0 Å². The van der Waals surface area contributed by atoms with E-state index in [4.69, 9.17) is 28.7 Å². The monoisotopic (exact) mass is 524 g/mol. The van der Waals surface area contributed by atoms with Crippen LogP contribution in [-0.2, 0) is 19.2 Å². The van der Waals surface area contributed by atoms with Gasteiger partial charge in [0.1, 0.15) is 18.1 Å². The standard InChI is InChI=1S/C22H40N10O5/c23-13(5-1-9-28-21(24)25)18(34)31-11-3-7-15(31)17(33)30-14(6-2-10-29-22(26)27)19(35)32-12-4-8-16(32)20(36)37/h13-16H,1-12,23H2,(H,30,33)(H,36,37)(H4,24,25,28)(H4,26,27,29). The summed E-state index contributed by atoms with van der Waals surface area (Å²) in [5.74, 6) is -2.53. The molecule has 2 fully saturated rings. The van der Waals surface area contributed by atoms with E-state index in [1.54, 1.807) is 0 Å². The van der Waals surface area contributed by atoms with Crippen molar-refractivity contribution in [3.05, 3.63) is 0 Å². The molecule has 2 saturated heterocycles. The normalized spacial score (nSPS) is 20.7. The van der Waals surface area contributed by atoms with E-state index in [0.29, 0.717) is 64.6 Å². The Labute approximate surface area is 215 Å². The second kappa shape index (κ2) is 14.2. The van der Waals surface area contributed by atoms with Crippen molar-refractivity contribution in [3.63, 3.8) is 0 Å². The molecule has 2 heterocycles. The molecule has 2 aliphatic heterocycles. The number of guanidine groups is 2. The molecule has 15 nitrogen and oxygen atoms in total. The molecule has 12 N–H and O–H groups in total. The highest BCUT2D eigenvalue weighted by atomic mass is 16.4. The van der Waals surface area contributed by atoms with Crippen molar-refractivity contribution in [2.75, 3.05) is 26.2 Å². The molecule has 2 aliphatic rings. The molecule has 3 amide bonds. The van der Waals surface area contributed by atoms with Crippen LogP contribution in [0.5, 0.6) is 0 Å². The first kappa shape index (κ1) is 29.6. The number of carboxylic acid groups (broad SMARTS) is 1. The van der Waals surface area contributed by atoms with Gasteiger partial charge in [-0.15, -0.1) is 0 Å². The minimum Gasteiger partial charge on any atom is -0.480 e. The van der Waals surface area contributed by atoms with E-state index in [2.05, 4.69) is 15.3 Å². The van der Waals surface area contributed by atoms with Gasteiger partial charge in [-0.25, -0.2) is 4.79 Å². The topological polar surface area (TPSA) is 262 Å². The Kier molecular flexibility index (Phi) is 11.4. The average Bonchev–Trinajstić information content (AvgIpc) is 3.52. The van der Waals surface area contributed by atoms with Crippen LogP contribution in [0.4, 0.5) is 0 Å². The van der Waals surface area contributed by atoms with Gasteiger partial charge in [0.25, 0.3) is 0 Å². The lowest BCUT2D eigenvalue weighted by Gasteiger charge is -2.30. The van der Waals surface area contributed by atoms with Crippen LogP contribution in [0, 0.1) is 0 Å². The van der Waals surface area contributed by atoms with Gasteiger partial charge in [0.05, 0.1) is 6.04 Å². The largest absolute Gasteiger partial charge is 0.480 e. The maximum Gasteiger partial charge on any atom is 0.326 e. The summed E-state index contributed by atoms with van der Waals surface area (Å²) in [6.07, 6.45) is 3.38. The summed E-state index contributed by atoms with van der Waals surface area (Å²) in [5, 5.41) is 12.3. The van der Waals surface area contributed by atoms with Crippen LogP contribution in [0.3, 0.4) is 0 Å². The van der Waals surface area contributed by atoms with Crippen molar-refractivity contribution in [2.24, 2.45) is 38.7 Å². The van der Waals surface area contributed by atoms with Gasteiger partial charge in [-0.1, -0.05) is 0 Å². The third-order valence-corrected chi connectivity index (χ3v) is 6.50. The van der Waals surface area contributed by atoms with E-state index in [-0.39, 0.29) is 30.8 Å². The molecule has 0 spiro atoms. The maximum atomic E-state index is 13.3. The molecular formula is C22H40N10O5. The minimum absolute atomic E-state index is 0.0396. The Hall–Kier alpha value is -3.62. The van der Waals surface area contributed by atoms with Crippen molar-refractivity contribution in [1.29, 1.82) is 0 Å². The summed E-state index contributed by atoms with van der Waals surface area (Å²) in [6, 6.07) is -3.52. The van der Waals surface area contributed by atoms with E-state index in [1.165, 1.54) is 9.80 Å². The third kappa shape index (κ3) is 8.77. The first-order valence-electron chi connectivity index (χ1n) is 12.5. The van der Waals surface area contributed by atoms with Crippen LogP contribution in [0.2, 0.25) is 0 Å². The highest BCUT2D eigenvalue weighted by Crippen LogP contribution is 2.22. The Bertz CT molecular complexity index is 887. The highest BCUT2D eigenvalue weighted by Gasteiger charge is 2.40. The SMILES string of the molecule is NC(N)=NCCCC(N)C(=O)N1CCCC1C(=O)NC(CCCN=C(N)N)C(=O)N1CCCC1C(=O)O. The van der Waals surface area contributed by atoms with Gasteiger partial charge in [-0.05, 0) is 51.4 Å². The second-order valence-electron chi connectivity index (χ2n) is 9.28. The number of aliphatic carboxylic acids is 1. The molecule has 208 valence electrons. The second-order valence-corrected chi connectivity index (χ2v) is 9.28. The molecular weight excluding hydrogens is 484 g/mol. The lowest BCUT2D eigenvalue weighted by Crippen LogP contribution is -2.56. The molecule has 15 heteroatoms. The van der Waals surface area contributed by atoms with Gasteiger partial charge < -0.3 is 48.9 Å². The van der Waals surface area contributed by atoms with Crippen LogP contribution in [-0.4, -0.2) is 101 Å². The fourth-order valence-electron chi connectivity index (χ4n) is 4.68. The number of carbonyl (C=O) groups excluding carboxylic acids is 3. The van der Waals surface area contributed by atoms with E-state index in [1.807, 2.05) is 0 Å². The Balaban J connectivity index is 2.07. The van der Waals surface area contributed by atoms with Crippen molar-refractivity contribution in [2.45, 2.75) is 75.5 Å². The van der Waals surface area contributed by atoms with Gasteiger partial charge in [-0.3, -0.25) is 24.4 Å². The lowest BCUT2D eigenvalue weighted by atomic mass is 10.1. The molecule has 0 aromatic rings. The first-order valence-corrected chi connectivity index (χ1v) is 12.5. The van der Waals surface area contributed by atoms with Crippen LogP contribution >= 0.6 is 0 Å². The van der Waals surface area contributed by atoms with Crippen molar-refractivity contribution < 1.29 is 24.3 Å². The van der Waals surface area contributed by atoms with E-state index in [0.717, 1.165) is 0 Å². The van der Waals surface area contributed by atoms with Crippen LogP contribution in [0.15, 0.2) is 9.98 Å². The number of rotatable bonds is 13. The molecule has 0 aliphatic carbocycles. The maximum absolute atomic E-state index is 13.3. The molecule has 37 heavy (non-hydrogen) atoms. The summed E-state index contributed by atoms with van der Waals surface area (Å²) >= 11 is 0. The zero-order valence-corrected chi connectivity index (χ0v) is 21.1. The summed E-state index contributed by atoms with van der Waals surface area (Å²) in [4.78, 5) is 61.6. The molecule has 0 aromatic carbocycles. The number of hydrogen-bond acceptors (Lipinski definition) is 7. The zero-order valence-electron chi connectivity index (χ0n) is 21.1. The number of likely N-dealkylation sites (tertiary alicyclic amines) is 2. The number of nitrogens with two attached hydrogens (primary N) is 5. The number of amides is 3. The predicted octanol–water partition coefficient (Wildman–Crippen LogP) is -3.03. The molecule has 4 atom stereocenters. The Morgan fingerprint density at radius 1 is 0.838 bits per heavy atom. The van der Waals surface area contributed by atoms with Gasteiger partial charge in [0, 0.05) is 26.2 Å². The average molecular weight is 525 g/mol. The van der Waals surface area contributed by atoms with Gasteiger partial charge in [0.15, 0.2) is 11.9 Å². The Morgan fingerprint density at radius 3 is 1.89 bits per heavy atom. The molecule has 0 aromatic heterocycles. The molecule has 2 rings (SSSR count). The predicted molar refractivity (Wildman–Crippen MR) is 137 cm³/mol. The molecule has 0 radical (unpaired) electrons. The van der Waals surface area contributed by atoms with Crippen LogP contribution in [0.25, 0.3) is 0 Å². The number of nitrogens with zero attached hydrogens (tertiary/aromatic N) is 4. The smallest absolute Gasteiger partial charge is 0.326 e. The van der Waals surface area contributed by atoms with E-state index >= 15 is 0 Å². The quantitative estimate of drug-likeness (QED) is 0.0727. The minimum atomic E-state index is -1.09. The Morgan fingerprint density at radius 2 is 1.35 bits per heavy atom. The molecule has 0 bridgehead atoms. The van der Waals surface area contributed by atoms with E-state index < -0.39 is 42.0 Å². The fraction of sp³-hybridized carbons (Fsp3) is 0.727. The highest BCUT2D eigenvalue weighted by molar-refractivity contribution is 5.94. The summed E-state index contributed by atoms with van der Waals surface area (Å²) in [5.41, 5.74) is 27.4. The number of nitrogens with one attached hydrogen (secondary N) is 1. The van der Waals surface area contributed by atoms with Crippen LogP contribution in [0.1, 0.15) is 51.4 Å². The first-order chi connectivity index (χ1) is 17.5.